The van der Waals surface area contributed by atoms with Crippen LogP contribution in [0.1, 0.15) is 18.1 Å². The van der Waals surface area contributed by atoms with Crippen molar-refractivity contribution in [1.29, 1.82) is 0 Å². The lowest BCUT2D eigenvalue weighted by atomic mass is 10.1. The van der Waals surface area contributed by atoms with Crippen LogP contribution in [0.15, 0.2) is 71.6 Å². The maximum absolute atomic E-state index is 12.7. The maximum Gasteiger partial charge on any atom is 0.310 e. The van der Waals surface area contributed by atoms with E-state index in [9.17, 15) is 23.3 Å². The third kappa shape index (κ3) is 5.86. The molecule has 1 amide bonds. The molecular formula is C23H23N3O6S. The SMILES string of the molecule is Cc1ccc(NS(=O)(=O)c2ccc(NC(=O)[C@@H](C)Oc3ccccc3[N+](=O)[O-])cc2)cc1C. The van der Waals surface area contributed by atoms with Crippen molar-refractivity contribution in [2.24, 2.45) is 0 Å². The van der Waals surface area contributed by atoms with Gasteiger partial charge in [-0.3, -0.25) is 19.6 Å². The van der Waals surface area contributed by atoms with E-state index >= 15 is 0 Å². The highest BCUT2D eigenvalue weighted by atomic mass is 32.2. The van der Waals surface area contributed by atoms with E-state index in [-0.39, 0.29) is 16.3 Å². The molecule has 0 spiro atoms. The zero-order valence-corrected chi connectivity index (χ0v) is 19.0. The summed E-state index contributed by atoms with van der Waals surface area (Å²) >= 11 is 0. The number of para-hydroxylation sites is 2. The number of nitrogens with one attached hydrogen (secondary N) is 2. The van der Waals surface area contributed by atoms with Gasteiger partial charge in [0.2, 0.25) is 0 Å². The summed E-state index contributed by atoms with van der Waals surface area (Å²) in [5.41, 5.74) is 2.58. The van der Waals surface area contributed by atoms with Gasteiger partial charge in [0.15, 0.2) is 11.9 Å². The van der Waals surface area contributed by atoms with Gasteiger partial charge in [-0.05, 0) is 74.4 Å². The van der Waals surface area contributed by atoms with Crippen molar-refractivity contribution >= 4 is 33.0 Å². The fourth-order valence-electron chi connectivity index (χ4n) is 2.93. The van der Waals surface area contributed by atoms with Crippen molar-refractivity contribution in [2.45, 2.75) is 31.8 Å². The van der Waals surface area contributed by atoms with Gasteiger partial charge in [-0.1, -0.05) is 18.2 Å². The predicted molar refractivity (Wildman–Crippen MR) is 125 cm³/mol. The number of amides is 1. The molecule has 0 unspecified atom stereocenters. The van der Waals surface area contributed by atoms with Crippen molar-refractivity contribution < 1.29 is 22.9 Å². The van der Waals surface area contributed by atoms with Gasteiger partial charge >= 0.3 is 5.69 Å². The van der Waals surface area contributed by atoms with Crippen molar-refractivity contribution in [3.63, 3.8) is 0 Å². The standard InChI is InChI=1S/C23H23N3O6S/c1-15-8-9-19(14-16(15)2)25-33(30,31)20-12-10-18(11-13-20)24-23(27)17(3)32-22-7-5-4-6-21(22)26(28)29/h4-14,17,25H,1-3H3,(H,24,27)/t17-/m1/s1. The maximum atomic E-state index is 12.7. The fraction of sp³-hybridized carbons (Fsp3) is 0.174. The Kier molecular flexibility index (Phi) is 6.98. The van der Waals surface area contributed by atoms with Crippen LogP contribution in [0.5, 0.6) is 5.75 Å². The van der Waals surface area contributed by atoms with Gasteiger partial charge in [-0.15, -0.1) is 0 Å². The second-order valence-corrected chi connectivity index (χ2v) is 9.09. The van der Waals surface area contributed by atoms with Gasteiger partial charge in [0.05, 0.1) is 9.82 Å². The molecule has 0 heterocycles. The first kappa shape index (κ1) is 23.7. The molecule has 3 aromatic carbocycles. The molecule has 0 saturated heterocycles. The summed E-state index contributed by atoms with van der Waals surface area (Å²) in [5, 5.41) is 13.7. The minimum Gasteiger partial charge on any atom is -0.474 e. The number of aryl methyl sites for hydroxylation is 2. The van der Waals surface area contributed by atoms with Crippen LogP contribution >= 0.6 is 0 Å². The third-order valence-electron chi connectivity index (χ3n) is 4.93. The fourth-order valence-corrected chi connectivity index (χ4v) is 3.98. The van der Waals surface area contributed by atoms with E-state index in [4.69, 9.17) is 4.74 Å². The molecule has 0 bridgehead atoms. The van der Waals surface area contributed by atoms with E-state index in [2.05, 4.69) is 10.0 Å². The van der Waals surface area contributed by atoms with Crippen molar-refractivity contribution in [1.82, 2.24) is 0 Å². The molecule has 0 aliphatic heterocycles. The number of benzene rings is 3. The van der Waals surface area contributed by atoms with Gasteiger partial charge in [-0.25, -0.2) is 8.42 Å². The molecule has 0 aliphatic rings. The van der Waals surface area contributed by atoms with E-state index in [1.807, 2.05) is 19.9 Å². The third-order valence-corrected chi connectivity index (χ3v) is 6.32. The number of sulfonamides is 1. The Morgan fingerprint density at radius 3 is 2.24 bits per heavy atom. The molecule has 3 aromatic rings. The lowest BCUT2D eigenvalue weighted by molar-refractivity contribution is -0.386. The molecule has 9 nitrogen and oxygen atoms in total. The molecule has 33 heavy (non-hydrogen) atoms. The van der Waals surface area contributed by atoms with Crippen molar-refractivity contribution in [2.75, 3.05) is 10.0 Å². The van der Waals surface area contributed by atoms with Gasteiger partial charge < -0.3 is 10.1 Å². The molecule has 0 aromatic heterocycles. The molecular weight excluding hydrogens is 446 g/mol. The number of carbonyl (C=O) groups excluding carboxylic acids is 1. The number of anilines is 2. The van der Waals surface area contributed by atoms with Gasteiger partial charge in [0, 0.05) is 17.4 Å². The number of nitro benzene ring substituents is 1. The zero-order chi connectivity index (χ0) is 24.2. The minimum absolute atomic E-state index is 0.0241. The van der Waals surface area contributed by atoms with Crippen LogP contribution in [0.3, 0.4) is 0 Å². The molecule has 0 radical (unpaired) electrons. The minimum atomic E-state index is -3.81. The summed E-state index contributed by atoms with van der Waals surface area (Å²) in [4.78, 5) is 23.0. The van der Waals surface area contributed by atoms with Crippen LogP contribution in [-0.2, 0) is 14.8 Å². The number of ether oxygens (including phenoxy) is 1. The molecule has 0 saturated carbocycles. The predicted octanol–water partition coefficient (Wildman–Crippen LogP) is 4.42. The van der Waals surface area contributed by atoms with Crippen molar-refractivity contribution in [3.05, 3.63) is 88.0 Å². The molecule has 172 valence electrons. The molecule has 10 heteroatoms. The second-order valence-electron chi connectivity index (χ2n) is 7.40. The Hall–Kier alpha value is -3.92. The van der Waals surface area contributed by atoms with Gasteiger partial charge in [-0.2, -0.15) is 0 Å². The van der Waals surface area contributed by atoms with Crippen molar-refractivity contribution in [3.8, 4) is 5.75 Å². The quantitative estimate of drug-likeness (QED) is 0.371. The summed E-state index contributed by atoms with van der Waals surface area (Å²) in [7, 11) is -3.81. The smallest absolute Gasteiger partial charge is 0.310 e. The van der Waals surface area contributed by atoms with Crippen LogP contribution in [0.25, 0.3) is 0 Å². The highest BCUT2D eigenvalue weighted by molar-refractivity contribution is 7.92. The van der Waals surface area contributed by atoms with Crippen LogP contribution in [0, 0.1) is 24.0 Å². The molecule has 1 atom stereocenters. The molecule has 0 aliphatic carbocycles. The Morgan fingerprint density at radius 1 is 0.970 bits per heavy atom. The van der Waals surface area contributed by atoms with Gasteiger partial charge in [0.1, 0.15) is 0 Å². The number of nitrogens with zero attached hydrogens (tertiary/aromatic N) is 1. The van der Waals surface area contributed by atoms with E-state index in [1.165, 1.54) is 49.4 Å². The largest absolute Gasteiger partial charge is 0.474 e. The van der Waals surface area contributed by atoms with Gasteiger partial charge in [0.25, 0.3) is 15.9 Å². The normalized spacial score (nSPS) is 12.0. The van der Waals surface area contributed by atoms with E-state index < -0.39 is 27.0 Å². The first-order chi connectivity index (χ1) is 15.6. The van der Waals surface area contributed by atoms with E-state index in [0.29, 0.717) is 11.4 Å². The lowest BCUT2D eigenvalue weighted by Crippen LogP contribution is -2.30. The topological polar surface area (TPSA) is 128 Å². The monoisotopic (exact) mass is 469 g/mol. The highest BCUT2D eigenvalue weighted by Crippen LogP contribution is 2.27. The number of carbonyl (C=O) groups is 1. The van der Waals surface area contributed by atoms with E-state index in [0.717, 1.165) is 11.1 Å². The number of rotatable bonds is 8. The summed E-state index contributed by atoms with van der Waals surface area (Å²) in [5.74, 6) is -0.568. The van der Waals surface area contributed by atoms with Crippen LogP contribution in [0.4, 0.5) is 17.1 Å². The second kappa shape index (κ2) is 9.70. The van der Waals surface area contributed by atoms with Crippen LogP contribution < -0.4 is 14.8 Å². The Labute approximate surface area is 191 Å². The average molecular weight is 470 g/mol. The summed E-state index contributed by atoms with van der Waals surface area (Å²) < 4.78 is 33.3. The summed E-state index contributed by atoms with van der Waals surface area (Å²) in [6.45, 7) is 5.29. The zero-order valence-electron chi connectivity index (χ0n) is 18.2. The molecule has 2 N–H and O–H groups in total. The molecule has 3 rings (SSSR count). The number of hydrogen-bond donors (Lipinski definition) is 2. The van der Waals surface area contributed by atoms with E-state index in [1.54, 1.807) is 18.2 Å². The highest BCUT2D eigenvalue weighted by Gasteiger charge is 2.21. The average Bonchev–Trinajstić information content (AvgIpc) is 2.76. The lowest BCUT2D eigenvalue weighted by Gasteiger charge is -2.15. The van der Waals surface area contributed by atoms with Crippen LogP contribution in [-0.4, -0.2) is 25.4 Å². The number of nitro groups is 1. The summed E-state index contributed by atoms with van der Waals surface area (Å²) in [6.07, 6.45) is -1.03. The Balaban J connectivity index is 1.66. The first-order valence-corrected chi connectivity index (χ1v) is 11.5. The molecule has 0 fully saturated rings. The van der Waals surface area contributed by atoms with Crippen LogP contribution in [0.2, 0.25) is 0 Å². The first-order valence-electron chi connectivity index (χ1n) is 9.98. The summed E-state index contributed by atoms with van der Waals surface area (Å²) in [6, 6.07) is 16.7. The Bertz CT molecular complexity index is 1290. The Morgan fingerprint density at radius 2 is 1.61 bits per heavy atom. The number of hydrogen-bond acceptors (Lipinski definition) is 6.